The number of likely N-dealkylation sites (N-methyl/N-ethyl adjacent to an activating group) is 1. The second kappa shape index (κ2) is 6.56. The van der Waals surface area contributed by atoms with Crippen molar-refractivity contribution in [3.63, 3.8) is 0 Å². The fourth-order valence-corrected chi connectivity index (χ4v) is 2.39. The largest absolute Gasteiger partial charge is 0.347 e. The van der Waals surface area contributed by atoms with Gasteiger partial charge in [0.15, 0.2) is 0 Å². The van der Waals surface area contributed by atoms with Crippen LogP contribution in [0, 0.1) is 0 Å². The van der Waals surface area contributed by atoms with E-state index in [1.807, 2.05) is 16.8 Å². The highest BCUT2D eigenvalue weighted by molar-refractivity contribution is 5.95. The quantitative estimate of drug-likeness (QED) is 0.828. The molecule has 0 unspecified atom stereocenters. The van der Waals surface area contributed by atoms with Gasteiger partial charge in [-0.2, -0.15) is 0 Å². The van der Waals surface area contributed by atoms with Crippen LogP contribution in [0.1, 0.15) is 29.4 Å². The van der Waals surface area contributed by atoms with Crippen LogP contribution >= 0.6 is 0 Å². The Labute approximate surface area is 119 Å². The molecule has 1 aliphatic rings. The van der Waals surface area contributed by atoms with Gasteiger partial charge < -0.3 is 20.1 Å². The van der Waals surface area contributed by atoms with Crippen LogP contribution in [0.5, 0.6) is 0 Å². The summed E-state index contributed by atoms with van der Waals surface area (Å²) in [5.74, 6) is -0.304. The Morgan fingerprint density at radius 3 is 2.75 bits per heavy atom. The molecule has 1 saturated heterocycles. The van der Waals surface area contributed by atoms with E-state index in [0.717, 1.165) is 25.9 Å². The summed E-state index contributed by atoms with van der Waals surface area (Å²) in [7, 11) is 3.35. The summed E-state index contributed by atoms with van der Waals surface area (Å²) in [5.41, 5.74) is 0.628. The van der Waals surface area contributed by atoms with Gasteiger partial charge in [-0.05, 0) is 38.1 Å². The Kier molecular flexibility index (Phi) is 4.79. The molecule has 1 fully saturated rings. The van der Waals surface area contributed by atoms with Gasteiger partial charge in [-0.15, -0.1) is 0 Å². The third kappa shape index (κ3) is 3.39. The zero-order valence-corrected chi connectivity index (χ0v) is 12.1. The van der Waals surface area contributed by atoms with Crippen molar-refractivity contribution in [3.8, 4) is 0 Å². The van der Waals surface area contributed by atoms with Crippen molar-refractivity contribution in [2.24, 2.45) is 0 Å². The van der Waals surface area contributed by atoms with E-state index in [9.17, 15) is 9.59 Å². The number of carbonyl (C=O) groups is 2. The Morgan fingerprint density at radius 1 is 1.40 bits per heavy atom. The third-order valence-corrected chi connectivity index (χ3v) is 3.61. The van der Waals surface area contributed by atoms with Gasteiger partial charge in [0, 0.05) is 26.3 Å². The van der Waals surface area contributed by atoms with Gasteiger partial charge in [-0.25, -0.2) is 0 Å². The second-order valence-corrected chi connectivity index (χ2v) is 5.25. The number of aromatic nitrogens is 1. The molecule has 6 heteroatoms. The maximum atomic E-state index is 12.2. The minimum atomic E-state index is -0.191. The molecule has 6 nitrogen and oxygen atoms in total. The van der Waals surface area contributed by atoms with Crippen molar-refractivity contribution >= 4 is 11.8 Å². The number of hydrogen-bond acceptors (Lipinski definition) is 3. The minimum Gasteiger partial charge on any atom is -0.347 e. The van der Waals surface area contributed by atoms with Crippen LogP contribution in [0.15, 0.2) is 18.3 Å². The van der Waals surface area contributed by atoms with E-state index >= 15 is 0 Å². The summed E-state index contributed by atoms with van der Waals surface area (Å²) < 4.78 is 2.02. The van der Waals surface area contributed by atoms with Gasteiger partial charge in [-0.1, -0.05) is 0 Å². The molecule has 2 amide bonds. The van der Waals surface area contributed by atoms with Crippen molar-refractivity contribution in [2.75, 3.05) is 33.7 Å². The predicted molar refractivity (Wildman–Crippen MR) is 76.6 cm³/mol. The molecule has 0 saturated carbocycles. The molecule has 2 N–H and O–H groups in total. The first-order chi connectivity index (χ1) is 9.59. The van der Waals surface area contributed by atoms with E-state index in [2.05, 4.69) is 10.6 Å². The topological polar surface area (TPSA) is 66.4 Å². The van der Waals surface area contributed by atoms with Crippen molar-refractivity contribution in [1.82, 2.24) is 20.1 Å². The van der Waals surface area contributed by atoms with Crippen molar-refractivity contribution in [3.05, 3.63) is 24.0 Å². The van der Waals surface area contributed by atoms with E-state index in [1.54, 1.807) is 20.2 Å². The number of rotatable bonds is 4. The summed E-state index contributed by atoms with van der Waals surface area (Å²) in [5, 5.41) is 5.99. The van der Waals surface area contributed by atoms with Gasteiger partial charge in [0.1, 0.15) is 5.69 Å². The number of carbonyl (C=O) groups excluding carboxylic acids is 2. The molecule has 1 aromatic rings. The average Bonchev–Trinajstić information content (AvgIpc) is 2.94. The molecular weight excluding hydrogens is 256 g/mol. The van der Waals surface area contributed by atoms with Crippen LogP contribution in [0.2, 0.25) is 0 Å². The van der Waals surface area contributed by atoms with E-state index in [1.165, 1.54) is 4.90 Å². The maximum absolute atomic E-state index is 12.2. The Hall–Kier alpha value is -1.82. The first-order valence-electron chi connectivity index (χ1n) is 6.95. The number of nitrogens with one attached hydrogen (secondary N) is 2. The average molecular weight is 278 g/mol. The summed E-state index contributed by atoms with van der Waals surface area (Å²) in [6.45, 7) is 1.98. The van der Waals surface area contributed by atoms with Gasteiger partial charge in [-0.3, -0.25) is 9.59 Å². The van der Waals surface area contributed by atoms with Crippen LogP contribution in [-0.4, -0.2) is 55.0 Å². The molecule has 0 aliphatic carbocycles. The molecule has 110 valence electrons. The van der Waals surface area contributed by atoms with E-state index < -0.39 is 0 Å². The summed E-state index contributed by atoms with van der Waals surface area (Å²) in [6, 6.07) is 4.04. The van der Waals surface area contributed by atoms with Crippen molar-refractivity contribution in [1.29, 1.82) is 0 Å². The van der Waals surface area contributed by atoms with Crippen LogP contribution < -0.4 is 10.6 Å². The molecular formula is C14H22N4O2. The lowest BCUT2D eigenvalue weighted by molar-refractivity contribution is -0.127. The summed E-state index contributed by atoms with van der Waals surface area (Å²) in [6.07, 6.45) is 3.98. The third-order valence-electron chi connectivity index (χ3n) is 3.61. The first kappa shape index (κ1) is 14.6. The first-order valence-corrected chi connectivity index (χ1v) is 6.95. The molecule has 20 heavy (non-hydrogen) atoms. The van der Waals surface area contributed by atoms with E-state index in [4.69, 9.17) is 0 Å². The number of piperidine rings is 1. The molecule has 0 atom stereocenters. The fourth-order valence-electron chi connectivity index (χ4n) is 2.39. The molecule has 0 aromatic carbocycles. The minimum absolute atomic E-state index is 0.0310. The molecule has 1 aliphatic heterocycles. The lowest BCUT2D eigenvalue weighted by atomic mass is 10.1. The van der Waals surface area contributed by atoms with Crippen LogP contribution in [-0.2, 0) is 4.79 Å². The monoisotopic (exact) mass is 278 g/mol. The molecule has 0 radical (unpaired) electrons. The van der Waals surface area contributed by atoms with Crippen LogP contribution in [0.4, 0.5) is 0 Å². The molecule has 2 heterocycles. The van der Waals surface area contributed by atoms with Gasteiger partial charge in [0.05, 0.1) is 6.54 Å². The molecule has 0 bridgehead atoms. The lowest BCUT2D eigenvalue weighted by Gasteiger charge is -2.26. The summed E-state index contributed by atoms with van der Waals surface area (Å²) >= 11 is 0. The predicted octanol–water partition coefficient (Wildman–Crippen LogP) is 0.231. The number of hydrogen-bond donors (Lipinski definition) is 2. The summed E-state index contributed by atoms with van der Waals surface area (Å²) in [4.78, 5) is 25.1. The highest BCUT2D eigenvalue weighted by Crippen LogP contribution is 2.21. The smallest absolute Gasteiger partial charge is 0.268 e. The number of nitrogens with zero attached hydrogens (tertiary/aromatic N) is 2. The highest BCUT2D eigenvalue weighted by Gasteiger charge is 2.20. The van der Waals surface area contributed by atoms with Gasteiger partial charge in [0.2, 0.25) is 5.91 Å². The van der Waals surface area contributed by atoms with Crippen LogP contribution in [0.3, 0.4) is 0 Å². The second-order valence-electron chi connectivity index (χ2n) is 5.25. The van der Waals surface area contributed by atoms with Gasteiger partial charge in [0.25, 0.3) is 5.91 Å². The fraction of sp³-hybridized carbons (Fsp3) is 0.571. The zero-order valence-electron chi connectivity index (χ0n) is 12.1. The maximum Gasteiger partial charge on any atom is 0.268 e. The Morgan fingerprint density at radius 2 is 2.10 bits per heavy atom. The van der Waals surface area contributed by atoms with Crippen molar-refractivity contribution < 1.29 is 9.59 Å². The normalized spacial score (nSPS) is 15.9. The molecule has 0 spiro atoms. The standard InChI is InChI=1S/C14H22N4O2/c1-17(2)13(19)10-16-14(20)12-4-3-9-18(12)11-5-7-15-8-6-11/h3-4,9,11,15H,5-8,10H2,1-2H3,(H,16,20). The molecule has 1 aromatic heterocycles. The Balaban J connectivity index is 2.00. The highest BCUT2D eigenvalue weighted by atomic mass is 16.2. The van der Waals surface area contributed by atoms with Crippen molar-refractivity contribution in [2.45, 2.75) is 18.9 Å². The SMILES string of the molecule is CN(C)C(=O)CNC(=O)c1cccn1C1CCNCC1. The number of amides is 2. The molecule has 2 rings (SSSR count). The lowest BCUT2D eigenvalue weighted by Crippen LogP contribution is -2.37. The van der Waals surface area contributed by atoms with E-state index in [-0.39, 0.29) is 18.4 Å². The van der Waals surface area contributed by atoms with Gasteiger partial charge >= 0.3 is 0 Å². The Bertz CT molecular complexity index is 475. The zero-order chi connectivity index (χ0) is 14.5. The van der Waals surface area contributed by atoms with Crippen LogP contribution in [0.25, 0.3) is 0 Å². The van der Waals surface area contributed by atoms with E-state index in [0.29, 0.717) is 11.7 Å².